The van der Waals surface area contributed by atoms with Gasteiger partial charge in [0.05, 0.1) is 17.9 Å². The Labute approximate surface area is 120 Å². The van der Waals surface area contributed by atoms with E-state index in [1.807, 2.05) is 6.20 Å². The number of nitrogens with zero attached hydrogens (tertiary/aromatic N) is 1. The van der Waals surface area contributed by atoms with Crippen molar-refractivity contribution in [2.45, 2.75) is 33.2 Å². The third-order valence-corrected chi connectivity index (χ3v) is 3.53. The number of methoxy groups -OCH3 is 1. The quantitative estimate of drug-likeness (QED) is 0.880. The fourth-order valence-corrected chi connectivity index (χ4v) is 2.64. The molecule has 20 heavy (non-hydrogen) atoms. The van der Waals surface area contributed by atoms with Crippen molar-refractivity contribution < 1.29 is 4.74 Å². The average molecular weight is 273 g/mol. The topological polar surface area (TPSA) is 63.9 Å². The number of aryl methyl sites for hydroxylation is 3. The summed E-state index contributed by atoms with van der Waals surface area (Å²) in [6.45, 7) is 7.00. The van der Waals surface area contributed by atoms with Crippen molar-refractivity contribution in [1.82, 2.24) is 9.97 Å². The molecule has 0 fully saturated rings. The van der Waals surface area contributed by atoms with E-state index < -0.39 is 0 Å². The van der Waals surface area contributed by atoms with Gasteiger partial charge in [0.25, 0.3) is 0 Å². The first kappa shape index (κ1) is 14.8. The van der Waals surface area contributed by atoms with Crippen molar-refractivity contribution in [1.29, 1.82) is 0 Å². The van der Waals surface area contributed by atoms with Crippen LogP contribution in [0.5, 0.6) is 0 Å². The Morgan fingerprint density at radius 3 is 2.50 bits per heavy atom. The molecule has 0 saturated carbocycles. The van der Waals surface area contributed by atoms with Gasteiger partial charge in [-0.2, -0.15) is 0 Å². The molecule has 1 aromatic heterocycles. The van der Waals surface area contributed by atoms with E-state index in [0.29, 0.717) is 6.61 Å². The third kappa shape index (κ3) is 3.08. The molecule has 0 aliphatic rings. The van der Waals surface area contributed by atoms with Gasteiger partial charge in [0.2, 0.25) is 0 Å². The maximum absolute atomic E-state index is 6.10. The van der Waals surface area contributed by atoms with Crippen molar-refractivity contribution in [3.63, 3.8) is 0 Å². The van der Waals surface area contributed by atoms with Gasteiger partial charge in [-0.1, -0.05) is 17.7 Å². The van der Waals surface area contributed by atoms with E-state index in [-0.39, 0.29) is 6.04 Å². The molecule has 4 heteroatoms. The smallest absolute Gasteiger partial charge is 0.123 e. The summed E-state index contributed by atoms with van der Waals surface area (Å²) < 4.78 is 5.06. The van der Waals surface area contributed by atoms with Crippen LogP contribution in [0.4, 0.5) is 0 Å². The lowest BCUT2D eigenvalue weighted by molar-refractivity contribution is 0.187. The number of nitrogens with two attached hydrogens (primary N) is 1. The van der Waals surface area contributed by atoms with Crippen LogP contribution in [0, 0.1) is 20.8 Å². The van der Waals surface area contributed by atoms with Gasteiger partial charge in [0.15, 0.2) is 0 Å². The Kier molecular flexibility index (Phi) is 4.57. The Morgan fingerprint density at radius 2 is 1.90 bits per heavy atom. The highest BCUT2D eigenvalue weighted by molar-refractivity contribution is 5.67. The first-order valence-electron chi connectivity index (χ1n) is 6.90. The lowest BCUT2D eigenvalue weighted by atomic mass is 9.98. The highest BCUT2D eigenvalue weighted by Crippen LogP contribution is 2.27. The second-order valence-electron chi connectivity index (χ2n) is 5.34. The van der Waals surface area contributed by atoms with Crippen molar-refractivity contribution in [3.05, 3.63) is 40.8 Å². The number of rotatable bonds is 5. The number of benzene rings is 1. The van der Waals surface area contributed by atoms with Crippen LogP contribution >= 0.6 is 0 Å². The van der Waals surface area contributed by atoms with E-state index in [1.165, 1.54) is 22.3 Å². The fraction of sp³-hybridized carbons (Fsp3) is 0.438. The number of imidazole rings is 1. The summed E-state index contributed by atoms with van der Waals surface area (Å²) in [7, 11) is 1.68. The molecule has 4 nitrogen and oxygen atoms in total. The minimum Gasteiger partial charge on any atom is -0.385 e. The lowest BCUT2D eigenvalue weighted by Crippen LogP contribution is -2.14. The fourth-order valence-electron chi connectivity index (χ4n) is 2.64. The van der Waals surface area contributed by atoms with Gasteiger partial charge in [-0.05, 0) is 38.3 Å². The second kappa shape index (κ2) is 6.20. The largest absolute Gasteiger partial charge is 0.385 e. The average Bonchev–Trinajstić information content (AvgIpc) is 2.84. The minimum atomic E-state index is -0.116. The Balaban J connectivity index is 2.29. The Morgan fingerprint density at radius 1 is 1.25 bits per heavy atom. The van der Waals surface area contributed by atoms with Crippen LogP contribution in [0.1, 0.15) is 35.0 Å². The molecule has 0 bridgehead atoms. The normalized spacial score (nSPS) is 12.7. The second-order valence-corrected chi connectivity index (χ2v) is 5.34. The number of aromatic nitrogens is 2. The molecule has 3 N–H and O–H groups in total. The van der Waals surface area contributed by atoms with E-state index >= 15 is 0 Å². The minimum absolute atomic E-state index is 0.116. The standard InChI is InChI=1S/C16H23N3O/c1-10-7-11(2)15(12(3)8-10)14-9-18-16(19-14)13(17)5-6-20-4/h7-9,13H,5-6,17H2,1-4H3,(H,18,19). The van der Waals surface area contributed by atoms with Crippen LogP contribution in [-0.4, -0.2) is 23.7 Å². The summed E-state index contributed by atoms with van der Waals surface area (Å²) in [5.41, 5.74) is 12.1. The number of aromatic amines is 1. The number of ether oxygens (including phenoxy) is 1. The molecular weight excluding hydrogens is 250 g/mol. The van der Waals surface area contributed by atoms with Gasteiger partial charge in [-0.25, -0.2) is 4.98 Å². The van der Waals surface area contributed by atoms with Gasteiger partial charge in [-0.3, -0.25) is 0 Å². The summed E-state index contributed by atoms with van der Waals surface area (Å²) in [5, 5.41) is 0. The molecule has 108 valence electrons. The maximum Gasteiger partial charge on any atom is 0.123 e. The molecule has 0 radical (unpaired) electrons. The summed E-state index contributed by atoms with van der Waals surface area (Å²) in [6, 6.07) is 4.26. The van der Waals surface area contributed by atoms with Crippen molar-refractivity contribution in [3.8, 4) is 11.3 Å². The van der Waals surface area contributed by atoms with E-state index in [4.69, 9.17) is 10.5 Å². The maximum atomic E-state index is 6.10. The van der Waals surface area contributed by atoms with Crippen molar-refractivity contribution in [2.75, 3.05) is 13.7 Å². The van der Waals surface area contributed by atoms with Crippen LogP contribution in [0.25, 0.3) is 11.3 Å². The van der Waals surface area contributed by atoms with Gasteiger partial charge < -0.3 is 15.5 Å². The van der Waals surface area contributed by atoms with Gasteiger partial charge >= 0.3 is 0 Å². The molecule has 0 saturated heterocycles. The number of hydrogen-bond acceptors (Lipinski definition) is 3. The SMILES string of the molecule is COCCC(N)c1ncc(-c2c(C)cc(C)cc2C)[nH]1. The van der Waals surface area contributed by atoms with Crippen LogP contribution in [0.2, 0.25) is 0 Å². The van der Waals surface area contributed by atoms with E-state index in [1.54, 1.807) is 7.11 Å². The molecule has 0 spiro atoms. The zero-order chi connectivity index (χ0) is 14.7. The van der Waals surface area contributed by atoms with Crippen LogP contribution in [0.15, 0.2) is 18.3 Å². The first-order valence-corrected chi connectivity index (χ1v) is 6.90. The number of nitrogens with one attached hydrogen (secondary N) is 1. The number of H-pyrrole nitrogens is 1. The summed E-state index contributed by atoms with van der Waals surface area (Å²) >= 11 is 0. The highest BCUT2D eigenvalue weighted by Gasteiger charge is 2.13. The number of hydrogen-bond donors (Lipinski definition) is 2. The van der Waals surface area contributed by atoms with Gasteiger partial charge in [-0.15, -0.1) is 0 Å². The monoisotopic (exact) mass is 273 g/mol. The van der Waals surface area contributed by atoms with Gasteiger partial charge in [0, 0.05) is 19.3 Å². The van der Waals surface area contributed by atoms with Crippen LogP contribution in [0.3, 0.4) is 0 Å². The van der Waals surface area contributed by atoms with Crippen LogP contribution in [-0.2, 0) is 4.74 Å². The highest BCUT2D eigenvalue weighted by atomic mass is 16.5. The molecule has 0 amide bonds. The molecule has 1 atom stereocenters. The van der Waals surface area contributed by atoms with Crippen LogP contribution < -0.4 is 5.73 Å². The summed E-state index contributed by atoms with van der Waals surface area (Å²) in [6.07, 6.45) is 2.63. The van der Waals surface area contributed by atoms with E-state index in [0.717, 1.165) is 17.9 Å². The van der Waals surface area contributed by atoms with E-state index in [2.05, 4.69) is 42.9 Å². The molecule has 2 rings (SSSR count). The predicted molar refractivity (Wildman–Crippen MR) is 81.7 cm³/mol. The van der Waals surface area contributed by atoms with Crippen molar-refractivity contribution in [2.24, 2.45) is 5.73 Å². The first-order chi connectivity index (χ1) is 9.52. The zero-order valence-corrected chi connectivity index (χ0v) is 12.7. The molecule has 1 unspecified atom stereocenters. The van der Waals surface area contributed by atoms with E-state index in [9.17, 15) is 0 Å². The van der Waals surface area contributed by atoms with Crippen molar-refractivity contribution >= 4 is 0 Å². The predicted octanol–water partition coefficient (Wildman–Crippen LogP) is 3.04. The molecule has 1 heterocycles. The molecule has 1 aromatic carbocycles. The lowest BCUT2D eigenvalue weighted by Gasteiger charge is -2.10. The van der Waals surface area contributed by atoms with Gasteiger partial charge in [0.1, 0.15) is 5.82 Å². The summed E-state index contributed by atoms with van der Waals surface area (Å²) in [4.78, 5) is 7.76. The Hall–Kier alpha value is -1.65. The molecule has 2 aromatic rings. The zero-order valence-electron chi connectivity index (χ0n) is 12.7. The molecule has 0 aliphatic carbocycles. The molecular formula is C16H23N3O. The summed E-state index contributed by atoms with van der Waals surface area (Å²) in [5.74, 6) is 0.816. The molecule has 0 aliphatic heterocycles. The third-order valence-electron chi connectivity index (χ3n) is 3.53. The Bertz CT molecular complexity index is 566.